The molecule has 3 nitrogen and oxygen atoms in total. The van der Waals surface area contributed by atoms with Crippen molar-refractivity contribution in [1.29, 1.82) is 0 Å². The minimum atomic E-state index is 0.0305. The van der Waals surface area contributed by atoms with Crippen LogP contribution in [0.25, 0.3) is 0 Å². The lowest BCUT2D eigenvalue weighted by Crippen LogP contribution is -2.15. The van der Waals surface area contributed by atoms with Gasteiger partial charge >= 0.3 is 0 Å². The molecule has 5 heteroatoms. The fourth-order valence-electron chi connectivity index (χ4n) is 1.95. The molecule has 0 aliphatic rings. The van der Waals surface area contributed by atoms with Gasteiger partial charge in [-0.3, -0.25) is 4.79 Å². The third-order valence-electron chi connectivity index (χ3n) is 3.17. The van der Waals surface area contributed by atoms with Crippen molar-refractivity contribution in [3.8, 4) is 5.75 Å². The molecule has 2 rings (SSSR count). The monoisotopic (exact) mass is 349 g/mol. The summed E-state index contributed by atoms with van der Waals surface area (Å²) in [7, 11) is 0. The number of anilines is 1. The molecule has 0 aromatic heterocycles. The number of aryl methyl sites for hydroxylation is 1. The lowest BCUT2D eigenvalue weighted by atomic mass is 10.2. The summed E-state index contributed by atoms with van der Waals surface area (Å²) in [6.07, 6.45) is 0.894. The Labute approximate surface area is 146 Å². The average molecular weight is 350 g/mol. The molecule has 0 saturated heterocycles. The number of para-hydroxylation sites is 1. The predicted octanol–water partition coefficient (Wildman–Crippen LogP) is 4.79. The highest BCUT2D eigenvalue weighted by Crippen LogP contribution is 2.16. The molecule has 2 aromatic carbocycles. The van der Waals surface area contributed by atoms with Crippen LogP contribution >= 0.6 is 23.4 Å². The van der Waals surface area contributed by atoms with Crippen LogP contribution in [-0.4, -0.2) is 24.0 Å². The van der Waals surface area contributed by atoms with E-state index in [1.807, 2.05) is 55.5 Å². The van der Waals surface area contributed by atoms with Gasteiger partial charge in [-0.05, 0) is 55.0 Å². The summed E-state index contributed by atoms with van der Waals surface area (Å²) in [6, 6.07) is 15.1. The Kier molecular flexibility index (Phi) is 7.30. The fraction of sp³-hybridized carbons (Fsp3) is 0.278. The topological polar surface area (TPSA) is 38.3 Å². The van der Waals surface area contributed by atoms with Crippen molar-refractivity contribution < 1.29 is 9.53 Å². The SMILES string of the molecule is Cc1ccccc1NC(=O)CSCCCOc1ccc(Cl)cc1. The number of thioether (sulfide) groups is 1. The zero-order chi connectivity index (χ0) is 16.5. The van der Waals surface area contributed by atoms with Crippen molar-refractivity contribution in [2.24, 2.45) is 0 Å². The van der Waals surface area contributed by atoms with Gasteiger partial charge in [-0.1, -0.05) is 29.8 Å². The molecule has 0 aliphatic heterocycles. The highest BCUT2D eigenvalue weighted by Gasteiger charge is 2.04. The van der Waals surface area contributed by atoms with Crippen molar-refractivity contribution in [1.82, 2.24) is 0 Å². The largest absolute Gasteiger partial charge is 0.494 e. The summed E-state index contributed by atoms with van der Waals surface area (Å²) in [5.41, 5.74) is 1.95. The van der Waals surface area contributed by atoms with Gasteiger partial charge in [0, 0.05) is 10.7 Å². The number of hydrogen-bond donors (Lipinski definition) is 1. The number of halogens is 1. The normalized spacial score (nSPS) is 10.3. The molecule has 122 valence electrons. The summed E-state index contributed by atoms with van der Waals surface area (Å²) in [5, 5.41) is 3.63. The summed E-state index contributed by atoms with van der Waals surface area (Å²) in [5.74, 6) is 2.18. The summed E-state index contributed by atoms with van der Waals surface area (Å²) in [6.45, 7) is 2.62. The third-order valence-corrected chi connectivity index (χ3v) is 4.46. The lowest BCUT2D eigenvalue weighted by Gasteiger charge is -2.08. The second kappa shape index (κ2) is 9.48. The first-order valence-electron chi connectivity index (χ1n) is 7.47. The van der Waals surface area contributed by atoms with Crippen LogP contribution < -0.4 is 10.1 Å². The average Bonchev–Trinajstić information content (AvgIpc) is 2.54. The van der Waals surface area contributed by atoms with Crippen molar-refractivity contribution in [3.05, 3.63) is 59.1 Å². The molecule has 0 aliphatic carbocycles. The Morgan fingerprint density at radius 2 is 1.91 bits per heavy atom. The Balaban J connectivity index is 1.57. The zero-order valence-electron chi connectivity index (χ0n) is 13.0. The number of rotatable bonds is 8. The molecule has 23 heavy (non-hydrogen) atoms. The van der Waals surface area contributed by atoms with Crippen molar-refractivity contribution in [3.63, 3.8) is 0 Å². The number of carbonyl (C=O) groups excluding carboxylic acids is 1. The summed E-state index contributed by atoms with van der Waals surface area (Å²) < 4.78 is 5.61. The molecular formula is C18H20ClNO2S. The van der Waals surface area contributed by atoms with Gasteiger partial charge in [-0.2, -0.15) is 11.8 Å². The molecule has 0 heterocycles. The molecule has 0 spiro atoms. The van der Waals surface area contributed by atoms with Crippen LogP contribution in [0.5, 0.6) is 5.75 Å². The van der Waals surface area contributed by atoms with E-state index < -0.39 is 0 Å². The van der Waals surface area contributed by atoms with E-state index in [9.17, 15) is 4.79 Å². The minimum Gasteiger partial charge on any atom is -0.494 e. The van der Waals surface area contributed by atoms with Crippen molar-refractivity contribution in [2.45, 2.75) is 13.3 Å². The Bertz CT molecular complexity index is 631. The molecule has 0 unspecified atom stereocenters. The molecule has 2 aromatic rings. The molecule has 0 fully saturated rings. The van der Waals surface area contributed by atoms with Crippen LogP contribution in [0, 0.1) is 6.92 Å². The van der Waals surface area contributed by atoms with E-state index in [-0.39, 0.29) is 5.91 Å². The highest BCUT2D eigenvalue weighted by molar-refractivity contribution is 7.99. The van der Waals surface area contributed by atoms with E-state index >= 15 is 0 Å². The number of nitrogens with one attached hydrogen (secondary N) is 1. The van der Waals surface area contributed by atoms with E-state index in [1.54, 1.807) is 11.8 Å². The van der Waals surface area contributed by atoms with Gasteiger partial charge in [-0.15, -0.1) is 0 Å². The first-order chi connectivity index (χ1) is 11.1. The second-order valence-electron chi connectivity index (χ2n) is 5.07. The lowest BCUT2D eigenvalue weighted by molar-refractivity contribution is -0.113. The highest BCUT2D eigenvalue weighted by atomic mass is 35.5. The Hall–Kier alpha value is -1.65. The molecule has 0 saturated carbocycles. The van der Waals surface area contributed by atoms with E-state index in [2.05, 4.69) is 5.32 Å². The van der Waals surface area contributed by atoms with Gasteiger partial charge in [0.25, 0.3) is 0 Å². The quantitative estimate of drug-likeness (QED) is 0.696. The molecule has 1 N–H and O–H groups in total. The number of hydrogen-bond acceptors (Lipinski definition) is 3. The van der Waals surface area contributed by atoms with Gasteiger partial charge in [0.1, 0.15) is 5.75 Å². The van der Waals surface area contributed by atoms with Gasteiger partial charge in [0.15, 0.2) is 0 Å². The van der Waals surface area contributed by atoms with Gasteiger partial charge < -0.3 is 10.1 Å². The molecule has 0 bridgehead atoms. The van der Waals surface area contributed by atoms with Gasteiger partial charge in [0.05, 0.1) is 12.4 Å². The van der Waals surface area contributed by atoms with Crippen LogP contribution in [0.1, 0.15) is 12.0 Å². The Morgan fingerprint density at radius 1 is 1.17 bits per heavy atom. The molecular weight excluding hydrogens is 330 g/mol. The van der Waals surface area contributed by atoms with E-state index in [0.29, 0.717) is 17.4 Å². The van der Waals surface area contributed by atoms with Gasteiger partial charge in [-0.25, -0.2) is 0 Å². The van der Waals surface area contributed by atoms with Gasteiger partial charge in [0.2, 0.25) is 5.91 Å². The molecule has 0 atom stereocenters. The van der Waals surface area contributed by atoms with E-state index in [4.69, 9.17) is 16.3 Å². The van der Waals surface area contributed by atoms with Crippen LogP contribution in [-0.2, 0) is 4.79 Å². The number of carbonyl (C=O) groups is 1. The summed E-state index contributed by atoms with van der Waals surface area (Å²) in [4.78, 5) is 11.9. The van der Waals surface area contributed by atoms with Crippen LogP contribution in [0.3, 0.4) is 0 Å². The Morgan fingerprint density at radius 3 is 2.65 bits per heavy atom. The van der Waals surface area contributed by atoms with Crippen LogP contribution in [0.15, 0.2) is 48.5 Å². The second-order valence-corrected chi connectivity index (χ2v) is 6.61. The number of benzene rings is 2. The summed E-state index contributed by atoms with van der Waals surface area (Å²) >= 11 is 7.43. The standard InChI is InChI=1S/C18H20ClNO2S/c1-14-5-2-3-6-17(14)20-18(21)13-23-12-4-11-22-16-9-7-15(19)8-10-16/h2-3,5-10H,4,11-13H2,1H3,(H,20,21). The predicted molar refractivity (Wildman–Crippen MR) is 98.7 cm³/mol. The smallest absolute Gasteiger partial charge is 0.234 e. The first kappa shape index (κ1) is 17.7. The van der Waals surface area contributed by atoms with E-state index in [0.717, 1.165) is 29.2 Å². The zero-order valence-corrected chi connectivity index (χ0v) is 14.6. The minimum absolute atomic E-state index is 0.0305. The van der Waals surface area contributed by atoms with Crippen LogP contribution in [0.4, 0.5) is 5.69 Å². The maximum Gasteiger partial charge on any atom is 0.234 e. The fourth-order valence-corrected chi connectivity index (χ4v) is 2.80. The molecule has 1 amide bonds. The number of ether oxygens (including phenoxy) is 1. The van der Waals surface area contributed by atoms with E-state index in [1.165, 1.54) is 0 Å². The maximum absolute atomic E-state index is 11.9. The van der Waals surface area contributed by atoms with Crippen molar-refractivity contribution >= 4 is 35.0 Å². The molecule has 0 radical (unpaired) electrons. The van der Waals surface area contributed by atoms with Crippen LogP contribution in [0.2, 0.25) is 5.02 Å². The maximum atomic E-state index is 11.9. The first-order valence-corrected chi connectivity index (χ1v) is 9.00. The third kappa shape index (κ3) is 6.55. The number of amides is 1. The van der Waals surface area contributed by atoms with Crippen molar-refractivity contribution in [2.75, 3.05) is 23.4 Å².